The molecule has 2 atom stereocenters. The van der Waals surface area contributed by atoms with Crippen LogP contribution in [0.25, 0.3) is 0 Å². The van der Waals surface area contributed by atoms with E-state index in [1.807, 2.05) is 0 Å². The van der Waals surface area contributed by atoms with Crippen LogP contribution >= 0.6 is 11.8 Å². The van der Waals surface area contributed by atoms with Crippen molar-refractivity contribution in [2.75, 3.05) is 12.9 Å². The Morgan fingerprint density at radius 2 is 1.95 bits per heavy atom. The van der Waals surface area contributed by atoms with Crippen LogP contribution in [0.1, 0.15) is 38.3 Å². The number of hydrogen-bond donors (Lipinski definition) is 2. The topological polar surface area (TPSA) is 75.6 Å². The summed E-state index contributed by atoms with van der Waals surface area (Å²) in [5.41, 5.74) is 0.521. The minimum absolute atomic E-state index is 0.260. The summed E-state index contributed by atoms with van der Waals surface area (Å²) in [5.74, 6) is 0.196. The number of thioether (sulfide) groups is 1. The first-order valence-corrected chi connectivity index (χ1v) is 8.33. The molecule has 0 heterocycles. The van der Waals surface area contributed by atoms with Gasteiger partial charge in [0.15, 0.2) is 6.04 Å². The van der Waals surface area contributed by atoms with Crippen molar-refractivity contribution in [3.8, 4) is 5.75 Å². The van der Waals surface area contributed by atoms with Gasteiger partial charge in [0.25, 0.3) is 0 Å². The van der Waals surface area contributed by atoms with Gasteiger partial charge in [0, 0.05) is 0 Å². The van der Waals surface area contributed by atoms with E-state index in [1.165, 1.54) is 11.8 Å². The van der Waals surface area contributed by atoms with Gasteiger partial charge in [-0.05, 0) is 36.8 Å². The van der Waals surface area contributed by atoms with E-state index < -0.39 is 12.0 Å². The van der Waals surface area contributed by atoms with Crippen LogP contribution in [0.3, 0.4) is 0 Å². The molecule has 0 radical (unpaired) electrons. The number of amides is 1. The van der Waals surface area contributed by atoms with E-state index in [0.29, 0.717) is 11.3 Å². The smallest absolute Gasteiger partial charge is 0.330 e. The van der Waals surface area contributed by atoms with E-state index in [1.54, 1.807) is 38.3 Å². The number of carbonyl (C=O) groups excluding carboxylic acids is 1. The molecular weight excluding hydrogens is 302 g/mol. The normalized spacial score (nSPS) is 13.2. The Morgan fingerprint density at radius 3 is 2.45 bits per heavy atom. The van der Waals surface area contributed by atoms with E-state index in [9.17, 15) is 14.7 Å². The number of carboxylic acids is 1. The molecule has 0 aliphatic carbocycles. The lowest BCUT2D eigenvalue weighted by Crippen LogP contribution is -2.38. The van der Waals surface area contributed by atoms with Gasteiger partial charge in [0.1, 0.15) is 5.75 Å². The molecule has 1 aromatic rings. The summed E-state index contributed by atoms with van der Waals surface area (Å²) < 4.78 is 5.05. The predicted molar refractivity (Wildman–Crippen MR) is 88.3 cm³/mol. The third-order valence-electron chi connectivity index (χ3n) is 3.22. The van der Waals surface area contributed by atoms with Crippen molar-refractivity contribution < 1.29 is 19.4 Å². The molecule has 0 aliphatic rings. The van der Waals surface area contributed by atoms with Gasteiger partial charge in [-0.15, -0.1) is 11.8 Å². The number of hydrogen-bond acceptors (Lipinski definition) is 4. The zero-order chi connectivity index (χ0) is 16.5. The second-order valence-electron chi connectivity index (χ2n) is 4.92. The largest absolute Gasteiger partial charge is 0.497 e. The third-order valence-corrected chi connectivity index (χ3v) is 4.46. The molecule has 22 heavy (non-hydrogen) atoms. The molecule has 0 aromatic heterocycles. The van der Waals surface area contributed by atoms with Crippen LogP contribution in [0.15, 0.2) is 24.3 Å². The predicted octanol–water partition coefficient (Wildman–Crippen LogP) is 2.86. The average Bonchev–Trinajstić information content (AvgIpc) is 2.52. The van der Waals surface area contributed by atoms with Crippen molar-refractivity contribution in [3.05, 3.63) is 29.8 Å². The molecule has 0 fully saturated rings. The highest BCUT2D eigenvalue weighted by Gasteiger charge is 2.24. The highest BCUT2D eigenvalue weighted by molar-refractivity contribution is 8.00. The van der Waals surface area contributed by atoms with Crippen molar-refractivity contribution in [1.29, 1.82) is 0 Å². The first-order valence-electron chi connectivity index (χ1n) is 7.28. The van der Waals surface area contributed by atoms with Crippen LogP contribution in [0.2, 0.25) is 0 Å². The fraction of sp³-hybridized carbons (Fsp3) is 0.500. The van der Waals surface area contributed by atoms with Gasteiger partial charge in [-0.25, -0.2) is 4.79 Å². The van der Waals surface area contributed by atoms with Crippen molar-refractivity contribution in [2.24, 2.45) is 0 Å². The number of methoxy groups -OCH3 is 1. The first kappa shape index (κ1) is 18.4. The number of carboxylic acid groups (broad SMARTS) is 1. The highest BCUT2D eigenvalue weighted by Crippen LogP contribution is 2.20. The molecule has 1 amide bonds. The summed E-state index contributed by atoms with van der Waals surface area (Å²) in [7, 11) is 1.54. The molecule has 6 heteroatoms. The monoisotopic (exact) mass is 325 g/mol. The van der Waals surface area contributed by atoms with Gasteiger partial charge in [-0.1, -0.05) is 25.5 Å². The van der Waals surface area contributed by atoms with E-state index in [0.717, 1.165) is 18.6 Å². The minimum Gasteiger partial charge on any atom is -0.497 e. The number of nitrogens with one attached hydrogen (secondary N) is 1. The Hall–Kier alpha value is -1.69. The van der Waals surface area contributed by atoms with Gasteiger partial charge < -0.3 is 15.2 Å². The minimum atomic E-state index is -1.08. The fourth-order valence-corrected chi connectivity index (χ4v) is 2.85. The summed E-state index contributed by atoms with van der Waals surface area (Å²) in [6.07, 6.45) is 2.12. The van der Waals surface area contributed by atoms with Gasteiger partial charge in [-0.3, -0.25) is 4.79 Å². The maximum Gasteiger partial charge on any atom is 0.330 e. The molecule has 2 unspecified atom stereocenters. The lowest BCUT2D eigenvalue weighted by molar-refractivity contribution is -0.141. The quantitative estimate of drug-likeness (QED) is 0.683. The van der Waals surface area contributed by atoms with Crippen LogP contribution in [0.5, 0.6) is 5.75 Å². The van der Waals surface area contributed by atoms with E-state index in [4.69, 9.17) is 4.74 Å². The van der Waals surface area contributed by atoms with Crippen LogP contribution in [0, 0.1) is 0 Å². The van der Waals surface area contributed by atoms with E-state index in [2.05, 4.69) is 12.2 Å². The van der Waals surface area contributed by atoms with Crippen molar-refractivity contribution in [3.63, 3.8) is 0 Å². The molecule has 0 spiro atoms. The highest BCUT2D eigenvalue weighted by atomic mass is 32.2. The lowest BCUT2D eigenvalue weighted by atomic mass is 10.1. The van der Waals surface area contributed by atoms with Crippen LogP contribution in [0.4, 0.5) is 0 Å². The molecule has 2 N–H and O–H groups in total. The van der Waals surface area contributed by atoms with Crippen LogP contribution in [-0.4, -0.2) is 35.1 Å². The molecule has 122 valence electrons. The number of aliphatic carboxylic acids is 1. The second kappa shape index (κ2) is 9.35. The standard InChI is InChI=1S/C16H23NO4S/c1-4-5-10-22-11(2)15(18)17-14(16(19)20)12-6-8-13(21-3)9-7-12/h6-9,11,14H,4-5,10H2,1-3H3,(H,17,18)(H,19,20). The maximum absolute atomic E-state index is 12.1. The molecule has 0 saturated carbocycles. The van der Waals surface area contributed by atoms with Gasteiger partial charge in [0.2, 0.25) is 5.91 Å². The molecule has 1 aromatic carbocycles. The lowest BCUT2D eigenvalue weighted by Gasteiger charge is -2.18. The van der Waals surface area contributed by atoms with Gasteiger partial charge in [-0.2, -0.15) is 0 Å². The third kappa shape index (κ3) is 5.60. The Bertz CT molecular complexity index is 489. The van der Waals surface area contributed by atoms with E-state index >= 15 is 0 Å². The van der Waals surface area contributed by atoms with Crippen molar-refractivity contribution in [2.45, 2.75) is 38.0 Å². The molecular formula is C16H23NO4S. The second-order valence-corrected chi connectivity index (χ2v) is 6.37. The van der Waals surface area contributed by atoms with Gasteiger partial charge in [0.05, 0.1) is 12.4 Å². The molecule has 1 rings (SSSR count). The number of benzene rings is 1. The Kier molecular flexibility index (Phi) is 7.80. The van der Waals surface area contributed by atoms with E-state index in [-0.39, 0.29) is 11.2 Å². The van der Waals surface area contributed by atoms with Crippen LogP contribution in [-0.2, 0) is 9.59 Å². The van der Waals surface area contributed by atoms with Crippen LogP contribution < -0.4 is 10.1 Å². The Morgan fingerprint density at radius 1 is 1.32 bits per heavy atom. The summed E-state index contributed by atoms with van der Waals surface area (Å²) in [4.78, 5) is 23.5. The first-order chi connectivity index (χ1) is 10.5. The van der Waals surface area contributed by atoms with Crippen molar-refractivity contribution in [1.82, 2.24) is 5.32 Å². The Balaban J connectivity index is 2.70. The number of unbranched alkanes of at least 4 members (excludes halogenated alkanes) is 1. The van der Waals surface area contributed by atoms with Crippen molar-refractivity contribution >= 4 is 23.6 Å². The number of carbonyl (C=O) groups is 2. The molecule has 5 nitrogen and oxygen atoms in total. The summed E-state index contributed by atoms with van der Waals surface area (Å²) in [6, 6.07) is 5.60. The molecule has 0 bridgehead atoms. The zero-order valence-corrected chi connectivity index (χ0v) is 14.0. The maximum atomic E-state index is 12.1. The zero-order valence-electron chi connectivity index (χ0n) is 13.2. The molecule has 0 saturated heterocycles. The van der Waals surface area contributed by atoms with Gasteiger partial charge >= 0.3 is 5.97 Å². The Labute approximate surface area is 135 Å². The number of rotatable bonds is 9. The summed E-state index contributed by atoms with van der Waals surface area (Å²) >= 11 is 1.54. The fourth-order valence-electron chi connectivity index (χ4n) is 1.82. The average molecular weight is 325 g/mol. The SMILES string of the molecule is CCCCSC(C)C(=O)NC(C(=O)O)c1ccc(OC)cc1. The summed E-state index contributed by atoms with van der Waals surface area (Å²) in [5, 5.41) is 11.7. The molecule has 0 aliphatic heterocycles. The summed E-state index contributed by atoms with van der Waals surface area (Å²) in [6.45, 7) is 3.89. The number of ether oxygens (including phenoxy) is 1.